The summed E-state index contributed by atoms with van der Waals surface area (Å²) in [6.07, 6.45) is 7.60. The van der Waals surface area contributed by atoms with Crippen LogP contribution in [0.4, 0.5) is 0 Å². The van der Waals surface area contributed by atoms with E-state index < -0.39 is 32.2 Å². The Kier molecular flexibility index (Phi) is 5.13. The highest BCUT2D eigenvalue weighted by Crippen LogP contribution is 2.67. The average Bonchev–Trinajstić information content (AvgIpc) is 3.21. The molecule has 8 heteroatoms. The first-order chi connectivity index (χ1) is 15.3. The van der Waals surface area contributed by atoms with Crippen molar-refractivity contribution in [1.82, 2.24) is 0 Å². The van der Waals surface area contributed by atoms with Gasteiger partial charge in [0.1, 0.15) is 6.10 Å². The summed E-state index contributed by atoms with van der Waals surface area (Å²) in [5.74, 6) is 0.346. The molecule has 0 aromatic heterocycles. The van der Waals surface area contributed by atoms with Crippen LogP contribution >= 0.6 is 0 Å². The van der Waals surface area contributed by atoms with Crippen LogP contribution in [0.2, 0.25) is 18.1 Å². The Morgan fingerprint density at radius 1 is 1.24 bits per heavy atom. The first kappa shape index (κ1) is 23.6. The van der Waals surface area contributed by atoms with Gasteiger partial charge in [0.2, 0.25) is 0 Å². The molecule has 0 amide bonds. The predicted octanol–water partition coefficient (Wildman–Crippen LogP) is 5.16. The SMILES string of the molecule is CC(C)(C)[Si](C)(C)OC1CC[C@H]2[C@@]34CC[C@]5(CC(N=[N+]=[N-])[C@@H](O)[C@H](O)C5=CC3=CC[C@]12C)O4. The lowest BCUT2D eigenvalue weighted by atomic mass is 9.60. The minimum Gasteiger partial charge on any atom is -0.413 e. The van der Waals surface area contributed by atoms with Crippen LogP contribution in [0.5, 0.6) is 0 Å². The summed E-state index contributed by atoms with van der Waals surface area (Å²) in [5, 5.41) is 25.5. The molecule has 3 fully saturated rings. The van der Waals surface area contributed by atoms with E-state index >= 15 is 0 Å². The number of hydrogen-bond donors (Lipinski definition) is 2. The number of ether oxygens (including phenoxy) is 1. The van der Waals surface area contributed by atoms with E-state index in [9.17, 15) is 10.2 Å². The monoisotopic (exact) mass is 473 g/mol. The fourth-order valence-corrected chi connectivity index (χ4v) is 8.74. The molecule has 0 aromatic rings. The van der Waals surface area contributed by atoms with Gasteiger partial charge in [-0.15, -0.1) is 0 Å². The van der Waals surface area contributed by atoms with Crippen molar-refractivity contribution in [3.63, 3.8) is 0 Å². The summed E-state index contributed by atoms with van der Waals surface area (Å²) >= 11 is 0. The lowest BCUT2D eigenvalue weighted by molar-refractivity contribution is -0.160. The zero-order valence-electron chi connectivity index (χ0n) is 20.8. The second kappa shape index (κ2) is 7.18. The fourth-order valence-electron chi connectivity index (χ4n) is 7.29. The number of hydrogen-bond acceptors (Lipinski definition) is 5. The molecule has 5 aliphatic rings. The lowest BCUT2D eigenvalue weighted by Gasteiger charge is -2.55. The number of aliphatic hydroxyl groups excluding tert-OH is 2. The maximum absolute atomic E-state index is 10.9. The number of fused-ring (bicyclic) bond motifs is 1. The first-order valence-corrected chi connectivity index (χ1v) is 15.4. The number of azide groups is 1. The van der Waals surface area contributed by atoms with Gasteiger partial charge in [-0.3, -0.25) is 0 Å². The Hall–Kier alpha value is -1.15. The van der Waals surface area contributed by atoms with Gasteiger partial charge in [0.05, 0.1) is 29.5 Å². The Bertz CT molecular complexity index is 967. The fraction of sp³-hybridized carbons (Fsp3) is 0.840. The summed E-state index contributed by atoms with van der Waals surface area (Å²) in [6, 6.07) is -0.684. The molecule has 2 heterocycles. The molecule has 3 aliphatic carbocycles. The summed E-state index contributed by atoms with van der Waals surface area (Å²) < 4.78 is 14.1. The van der Waals surface area contributed by atoms with E-state index in [2.05, 4.69) is 63.0 Å². The Morgan fingerprint density at radius 2 is 1.97 bits per heavy atom. The minimum atomic E-state index is -1.91. The molecule has 5 rings (SSSR count). The van der Waals surface area contributed by atoms with Crippen LogP contribution < -0.4 is 0 Å². The minimum absolute atomic E-state index is 0.00684. The van der Waals surface area contributed by atoms with Crippen molar-refractivity contribution in [3.8, 4) is 0 Å². The smallest absolute Gasteiger partial charge is 0.192 e. The van der Waals surface area contributed by atoms with E-state index in [0.29, 0.717) is 12.3 Å². The molecule has 2 unspecified atom stereocenters. The predicted molar refractivity (Wildman–Crippen MR) is 129 cm³/mol. The lowest BCUT2D eigenvalue weighted by Crippen LogP contribution is -2.60. The molecular formula is C25H39N3O4Si. The van der Waals surface area contributed by atoms with E-state index in [1.54, 1.807) is 0 Å². The zero-order valence-corrected chi connectivity index (χ0v) is 21.8. The molecule has 2 bridgehead atoms. The van der Waals surface area contributed by atoms with Gasteiger partial charge in [-0.2, -0.15) is 0 Å². The first-order valence-electron chi connectivity index (χ1n) is 12.5. The van der Waals surface area contributed by atoms with Gasteiger partial charge in [0.15, 0.2) is 8.32 Å². The molecule has 2 saturated carbocycles. The van der Waals surface area contributed by atoms with Crippen LogP contribution in [0.15, 0.2) is 28.4 Å². The number of allylic oxidation sites excluding steroid dienone is 1. The maximum atomic E-state index is 10.9. The van der Waals surface area contributed by atoms with Gasteiger partial charge in [-0.25, -0.2) is 0 Å². The molecule has 0 aromatic carbocycles. The second-order valence-electron chi connectivity index (χ2n) is 12.9. The molecule has 2 spiro atoms. The van der Waals surface area contributed by atoms with Crippen LogP contribution in [-0.4, -0.2) is 54.1 Å². The van der Waals surface area contributed by atoms with Crippen molar-refractivity contribution >= 4 is 8.32 Å². The molecule has 2 aliphatic heterocycles. The van der Waals surface area contributed by atoms with Crippen LogP contribution in [0.1, 0.15) is 66.2 Å². The summed E-state index contributed by atoms with van der Waals surface area (Å²) in [6.45, 7) is 14.0. The third kappa shape index (κ3) is 3.11. The van der Waals surface area contributed by atoms with Gasteiger partial charge in [-0.05, 0) is 73.3 Å². The van der Waals surface area contributed by atoms with Crippen molar-refractivity contribution in [3.05, 3.63) is 33.7 Å². The van der Waals surface area contributed by atoms with Crippen molar-refractivity contribution in [1.29, 1.82) is 0 Å². The van der Waals surface area contributed by atoms with Gasteiger partial charge in [0, 0.05) is 16.2 Å². The Morgan fingerprint density at radius 3 is 2.64 bits per heavy atom. The third-order valence-corrected chi connectivity index (χ3v) is 14.7. The van der Waals surface area contributed by atoms with Crippen molar-refractivity contribution in [2.45, 2.75) is 120 Å². The summed E-state index contributed by atoms with van der Waals surface area (Å²) in [4.78, 5) is 2.92. The summed E-state index contributed by atoms with van der Waals surface area (Å²) in [5.41, 5.74) is 9.88. The summed E-state index contributed by atoms with van der Waals surface area (Å²) in [7, 11) is -1.91. The zero-order chi connectivity index (χ0) is 24.0. The molecule has 2 N–H and O–H groups in total. The van der Waals surface area contributed by atoms with E-state index in [-0.39, 0.29) is 22.2 Å². The second-order valence-corrected chi connectivity index (χ2v) is 17.6. The van der Waals surface area contributed by atoms with Gasteiger partial charge in [-0.1, -0.05) is 45.0 Å². The van der Waals surface area contributed by atoms with Gasteiger partial charge >= 0.3 is 0 Å². The van der Waals surface area contributed by atoms with E-state index in [1.165, 1.54) is 0 Å². The largest absolute Gasteiger partial charge is 0.413 e. The van der Waals surface area contributed by atoms with E-state index in [0.717, 1.165) is 43.3 Å². The van der Waals surface area contributed by atoms with Crippen molar-refractivity contribution in [2.24, 2.45) is 16.4 Å². The maximum Gasteiger partial charge on any atom is 0.192 e. The highest BCUT2D eigenvalue weighted by Gasteiger charge is 2.68. The molecule has 7 nitrogen and oxygen atoms in total. The topological polar surface area (TPSA) is 108 Å². The molecule has 1 saturated heterocycles. The third-order valence-electron chi connectivity index (χ3n) is 10.2. The standard InChI is InChI=1S/C25H39N3O4Si/c1-22(2,3)33(5,6)31-19-8-7-18-23(19,4)10-9-15-13-16-20(29)21(30)17(27-28-26)14-24(16)11-12-25(15,18)32-24/h9,13,17-21,29-30H,7-8,10-12,14H2,1-6H3/t17?,18-,19?,20-,21-,23+,24-,25-/m1/s1. The van der Waals surface area contributed by atoms with Gasteiger partial charge < -0.3 is 19.4 Å². The normalized spacial score (nSPS) is 46.5. The average molecular weight is 474 g/mol. The van der Waals surface area contributed by atoms with Crippen LogP contribution in [-0.2, 0) is 9.16 Å². The van der Waals surface area contributed by atoms with Gasteiger partial charge in [0.25, 0.3) is 0 Å². The molecule has 8 atom stereocenters. The molecule has 33 heavy (non-hydrogen) atoms. The number of rotatable bonds is 3. The number of aliphatic hydroxyl groups is 2. The highest BCUT2D eigenvalue weighted by atomic mass is 28.4. The Balaban J connectivity index is 1.52. The van der Waals surface area contributed by atoms with E-state index in [4.69, 9.17) is 14.7 Å². The molecule has 182 valence electrons. The number of nitrogens with zero attached hydrogens (tertiary/aromatic N) is 3. The van der Waals surface area contributed by atoms with Crippen LogP contribution in [0, 0.1) is 11.3 Å². The van der Waals surface area contributed by atoms with Crippen molar-refractivity contribution < 1.29 is 19.4 Å². The van der Waals surface area contributed by atoms with Crippen LogP contribution in [0.3, 0.4) is 0 Å². The van der Waals surface area contributed by atoms with Crippen LogP contribution in [0.25, 0.3) is 10.4 Å². The quantitative estimate of drug-likeness (QED) is 0.255. The Labute approximate surface area is 198 Å². The molecular weight excluding hydrogens is 434 g/mol. The van der Waals surface area contributed by atoms with E-state index in [1.807, 2.05) is 0 Å². The molecule has 0 radical (unpaired) electrons. The highest BCUT2D eigenvalue weighted by molar-refractivity contribution is 6.74. The van der Waals surface area contributed by atoms with Crippen molar-refractivity contribution in [2.75, 3.05) is 0 Å².